The van der Waals surface area contributed by atoms with Gasteiger partial charge in [-0.1, -0.05) is 23.9 Å². The lowest BCUT2D eigenvalue weighted by molar-refractivity contribution is -0.113. The molecule has 0 atom stereocenters. The Morgan fingerprint density at radius 3 is 2.45 bits per heavy atom. The minimum Gasteiger partial charge on any atom is -0.478 e. The van der Waals surface area contributed by atoms with Crippen LogP contribution >= 0.6 is 11.8 Å². The first kappa shape index (κ1) is 24.2. The molecule has 0 saturated carbocycles. The summed E-state index contributed by atoms with van der Waals surface area (Å²) in [5, 5.41) is 20.1. The van der Waals surface area contributed by atoms with Gasteiger partial charge in [0.05, 0.1) is 35.5 Å². The molecule has 2 aromatic carbocycles. The Hall–Kier alpha value is -3.45. The van der Waals surface area contributed by atoms with E-state index in [-0.39, 0.29) is 29.2 Å². The van der Waals surface area contributed by atoms with Crippen molar-refractivity contribution in [3.8, 4) is 0 Å². The number of hydrogen-bond acceptors (Lipinski definition) is 7. The zero-order chi connectivity index (χ0) is 24.2. The van der Waals surface area contributed by atoms with Crippen LogP contribution in [0.3, 0.4) is 0 Å². The quantitative estimate of drug-likeness (QED) is 0.434. The van der Waals surface area contributed by atoms with Crippen LogP contribution in [-0.4, -0.2) is 52.2 Å². The van der Waals surface area contributed by atoms with Crippen molar-refractivity contribution < 1.29 is 27.5 Å². The molecule has 3 rings (SSSR count). The second-order valence-electron chi connectivity index (χ2n) is 6.89. The fourth-order valence-corrected chi connectivity index (χ4v) is 4.42. The van der Waals surface area contributed by atoms with Crippen LogP contribution in [0.2, 0.25) is 0 Å². The number of sulfonamides is 1. The number of para-hydroxylation sites is 1. The number of carbonyl (C=O) groups is 2. The molecule has 0 spiro atoms. The van der Waals surface area contributed by atoms with E-state index in [9.17, 15) is 27.5 Å². The molecular weight excluding hydrogens is 473 g/mol. The lowest BCUT2D eigenvalue weighted by Crippen LogP contribution is -2.30. The molecule has 0 radical (unpaired) electrons. The number of nitrogens with one attached hydrogen (secondary N) is 1. The van der Waals surface area contributed by atoms with Gasteiger partial charge in [0.15, 0.2) is 11.0 Å². The number of aromatic carboxylic acids is 1. The number of thioether (sulfide) groups is 1. The van der Waals surface area contributed by atoms with Crippen molar-refractivity contribution >= 4 is 45.0 Å². The second-order valence-corrected chi connectivity index (χ2v) is 9.74. The Kier molecular flexibility index (Phi) is 7.33. The minimum absolute atomic E-state index is 0.0292. The molecular formula is C20H20FN5O5S2. The van der Waals surface area contributed by atoms with E-state index in [2.05, 4.69) is 15.5 Å². The Labute approximate surface area is 193 Å². The molecule has 13 heteroatoms. The summed E-state index contributed by atoms with van der Waals surface area (Å²) < 4.78 is 40.4. The van der Waals surface area contributed by atoms with E-state index >= 15 is 0 Å². The van der Waals surface area contributed by atoms with Gasteiger partial charge in [0.2, 0.25) is 15.9 Å². The van der Waals surface area contributed by atoms with Crippen molar-refractivity contribution in [1.82, 2.24) is 14.8 Å². The summed E-state index contributed by atoms with van der Waals surface area (Å²) in [5.41, 5.74) is 0.420. The Balaban J connectivity index is 1.70. The van der Waals surface area contributed by atoms with E-state index < -0.39 is 27.7 Å². The lowest BCUT2D eigenvalue weighted by atomic mass is 10.2. The van der Waals surface area contributed by atoms with Crippen LogP contribution in [0, 0.1) is 5.82 Å². The molecule has 1 amide bonds. The van der Waals surface area contributed by atoms with E-state index in [1.807, 2.05) is 0 Å². The van der Waals surface area contributed by atoms with E-state index in [4.69, 9.17) is 0 Å². The van der Waals surface area contributed by atoms with Gasteiger partial charge in [-0.05, 0) is 36.4 Å². The van der Waals surface area contributed by atoms with Gasteiger partial charge in [-0.2, -0.15) is 0 Å². The molecule has 0 saturated heterocycles. The van der Waals surface area contributed by atoms with Gasteiger partial charge in [0, 0.05) is 7.05 Å². The van der Waals surface area contributed by atoms with Gasteiger partial charge in [0.25, 0.3) is 0 Å². The monoisotopic (exact) mass is 493 g/mol. The smallest absolute Gasteiger partial charge is 0.337 e. The van der Waals surface area contributed by atoms with Crippen molar-refractivity contribution in [1.29, 1.82) is 0 Å². The van der Waals surface area contributed by atoms with Crippen LogP contribution in [0.25, 0.3) is 0 Å². The number of amides is 1. The molecule has 3 aromatic rings. The summed E-state index contributed by atoms with van der Waals surface area (Å²) >= 11 is 1.05. The number of nitrogens with zero attached hydrogens (tertiary/aromatic N) is 4. The van der Waals surface area contributed by atoms with E-state index in [0.717, 1.165) is 34.5 Å². The molecule has 174 valence electrons. The highest BCUT2D eigenvalue weighted by Gasteiger charge is 2.22. The molecule has 0 aliphatic carbocycles. The first-order chi connectivity index (χ1) is 15.6. The number of rotatable bonds is 9. The van der Waals surface area contributed by atoms with Crippen LogP contribution in [0.1, 0.15) is 16.2 Å². The number of halogens is 1. The molecule has 0 unspecified atom stereocenters. The third-order valence-corrected chi connectivity index (χ3v) is 6.65. The van der Waals surface area contributed by atoms with Crippen molar-refractivity contribution in [3.63, 3.8) is 0 Å². The number of anilines is 2. The number of carboxylic acid groups (broad SMARTS) is 1. The summed E-state index contributed by atoms with van der Waals surface area (Å²) in [6.07, 6.45) is 1.03. The third kappa shape index (κ3) is 6.08. The average Bonchev–Trinajstić information content (AvgIpc) is 3.10. The first-order valence-electron chi connectivity index (χ1n) is 9.43. The molecule has 10 nitrogen and oxygen atoms in total. The summed E-state index contributed by atoms with van der Waals surface area (Å²) in [5.74, 6) is -1.86. The number of hydrogen-bond donors (Lipinski definition) is 2. The van der Waals surface area contributed by atoms with Gasteiger partial charge in [-0.3, -0.25) is 9.10 Å². The summed E-state index contributed by atoms with van der Waals surface area (Å²) in [4.78, 5) is 23.6. The zero-order valence-corrected chi connectivity index (χ0v) is 19.2. The van der Waals surface area contributed by atoms with Crippen LogP contribution in [0.15, 0.2) is 53.7 Å². The topological polar surface area (TPSA) is 134 Å². The number of carboxylic acids is 1. The maximum Gasteiger partial charge on any atom is 0.337 e. The van der Waals surface area contributed by atoms with Crippen molar-refractivity contribution in [2.45, 2.75) is 11.7 Å². The van der Waals surface area contributed by atoms with Crippen molar-refractivity contribution in [3.05, 3.63) is 65.7 Å². The van der Waals surface area contributed by atoms with E-state index in [1.54, 1.807) is 23.7 Å². The van der Waals surface area contributed by atoms with Crippen LogP contribution < -0.4 is 9.62 Å². The fourth-order valence-electron chi connectivity index (χ4n) is 2.84. The maximum atomic E-state index is 13.2. The van der Waals surface area contributed by atoms with Gasteiger partial charge < -0.3 is 15.0 Å². The predicted octanol–water partition coefficient (Wildman–Crippen LogP) is 2.35. The molecule has 0 aliphatic heterocycles. The van der Waals surface area contributed by atoms with Crippen LogP contribution in [0.5, 0.6) is 0 Å². The second kappa shape index (κ2) is 10.0. The van der Waals surface area contributed by atoms with Crippen LogP contribution in [0.4, 0.5) is 15.8 Å². The lowest BCUT2D eigenvalue weighted by Gasteiger charge is -2.21. The largest absolute Gasteiger partial charge is 0.478 e. The first-order valence-corrected chi connectivity index (χ1v) is 12.3. The van der Waals surface area contributed by atoms with E-state index in [1.165, 1.54) is 24.3 Å². The Morgan fingerprint density at radius 1 is 1.15 bits per heavy atom. The molecule has 2 N–H and O–H groups in total. The van der Waals surface area contributed by atoms with Gasteiger partial charge >= 0.3 is 5.97 Å². The molecule has 0 fully saturated rings. The summed E-state index contributed by atoms with van der Waals surface area (Å²) in [6.45, 7) is -0.146. The van der Waals surface area contributed by atoms with Crippen molar-refractivity contribution in [2.75, 3.05) is 21.6 Å². The molecule has 0 bridgehead atoms. The normalized spacial score (nSPS) is 11.2. The van der Waals surface area contributed by atoms with Gasteiger partial charge in [0.1, 0.15) is 5.82 Å². The number of benzene rings is 2. The van der Waals surface area contributed by atoms with Gasteiger partial charge in [-0.25, -0.2) is 17.6 Å². The van der Waals surface area contributed by atoms with E-state index in [0.29, 0.717) is 11.0 Å². The summed E-state index contributed by atoms with van der Waals surface area (Å²) in [6, 6.07) is 11.1. The molecule has 33 heavy (non-hydrogen) atoms. The highest BCUT2D eigenvalue weighted by molar-refractivity contribution is 7.99. The third-order valence-electron chi connectivity index (χ3n) is 4.49. The van der Waals surface area contributed by atoms with Crippen molar-refractivity contribution in [2.24, 2.45) is 7.05 Å². The standard InChI is InChI=1S/C20H20FN5O5S2/c1-25-17(11-26(33(2,30)31)14-9-7-13(21)8-10-14)23-24-20(25)32-12-18(27)22-16-6-4-3-5-15(16)19(28)29/h3-10H,11-12H2,1-2H3,(H,22,27)(H,28,29). The summed E-state index contributed by atoms with van der Waals surface area (Å²) in [7, 11) is -2.07. The predicted molar refractivity (Wildman–Crippen MR) is 121 cm³/mol. The number of aromatic nitrogens is 3. The SMILES string of the molecule is Cn1c(CN(c2ccc(F)cc2)S(C)(=O)=O)nnc1SCC(=O)Nc1ccccc1C(=O)O. The van der Waals surface area contributed by atoms with Crippen LogP contribution in [-0.2, 0) is 28.4 Å². The fraction of sp³-hybridized carbons (Fsp3) is 0.200. The molecule has 1 aromatic heterocycles. The molecule has 0 aliphatic rings. The zero-order valence-electron chi connectivity index (χ0n) is 17.6. The Bertz CT molecular complexity index is 1280. The molecule has 1 heterocycles. The number of carbonyl (C=O) groups excluding carboxylic acids is 1. The minimum atomic E-state index is -3.70. The highest BCUT2D eigenvalue weighted by Crippen LogP contribution is 2.23. The average molecular weight is 494 g/mol. The van der Waals surface area contributed by atoms with Gasteiger partial charge in [-0.15, -0.1) is 10.2 Å². The maximum absolute atomic E-state index is 13.2. The highest BCUT2D eigenvalue weighted by atomic mass is 32.2. The Morgan fingerprint density at radius 2 is 1.82 bits per heavy atom.